The molecule has 1 atom stereocenters. The summed E-state index contributed by atoms with van der Waals surface area (Å²) in [7, 11) is 0. The van der Waals surface area contributed by atoms with Crippen molar-refractivity contribution < 1.29 is 4.42 Å². The molecule has 2 rings (SSSR count). The van der Waals surface area contributed by atoms with Crippen LogP contribution in [0.3, 0.4) is 0 Å². The van der Waals surface area contributed by atoms with Gasteiger partial charge in [0.25, 0.3) is 0 Å². The molecule has 0 fully saturated rings. The van der Waals surface area contributed by atoms with E-state index in [-0.39, 0.29) is 6.04 Å². The van der Waals surface area contributed by atoms with E-state index >= 15 is 0 Å². The highest BCUT2D eigenvalue weighted by Crippen LogP contribution is 2.23. The van der Waals surface area contributed by atoms with Gasteiger partial charge in [-0.2, -0.15) is 0 Å². The van der Waals surface area contributed by atoms with Crippen molar-refractivity contribution in [2.24, 2.45) is 5.73 Å². The Balaban J connectivity index is 2.15. The van der Waals surface area contributed by atoms with Crippen molar-refractivity contribution in [3.8, 4) is 0 Å². The average molecular weight is 222 g/mol. The third-order valence-corrected chi connectivity index (χ3v) is 2.65. The van der Waals surface area contributed by atoms with Gasteiger partial charge in [-0.3, -0.25) is 0 Å². The number of halogens is 1. The third-order valence-electron chi connectivity index (χ3n) is 2.31. The summed E-state index contributed by atoms with van der Waals surface area (Å²) in [5.41, 5.74) is 7.00. The second-order valence-electron chi connectivity index (χ2n) is 3.41. The molecule has 1 aromatic carbocycles. The molecule has 15 heavy (non-hydrogen) atoms. The molecule has 1 unspecified atom stereocenters. The summed E-state index contributed by atoms with van der Waals surface area (Å²) in [6.07, 6.45) is 2.31. The second kappa shape index (κ2) is 4.51. The largest absolute Gasteiger partial charge is 0.469 e. The van der Waals surface area contributed by atoms with Crippen molar-refractivity contribution in [2.45, 2.75) is 12.5 Å². The Labute approximate surface area is 93.7 Å². The SMILES string of the molecule is NC(Cc1ccco1)c1ccccc1Cl. The summed E-state index contributed by atoms with van der Waals surface area (Å²) >= 11 is 6.05. The number of rotatable bonds is 3. The molecule has 3 heteroatoms. The fourth-order valence-corrected chi connectivity index (χ4v) is 1.81. The molecule has 2 nitrogen and oxygen atoms in total. The number of hydrogen-bond acceptors (Lipinski definition) is 2. The van der Waals surface area contributed by atoms with E-state index in [2.05, 4.69) is 0 Å². The van der Waals surface area contributed by atoms with Crippen LogP contribution in [0.15, 0.2) is 47.1 Å². The van der Waals surface area contributed by atoms with Gasteiger partial charge >= 0.3 is 0 Å². The van der Waals surface area contributed by atoms with Crippen LogP contribution in [0.25, 0.3) is 0 Å². The number of furan rings is 1. The number of nitrogens with two attached hydrogens (primary N) is 1. The molecular formula is C12H12ClNO. The molecule has 2 N–H and O–H groups in total. The van der Waals surface area contributed by atoms with Gasteiger partial charge in [-0.15, -0.1) is 0 Å². The monoisotopic (exact) mass is 221 g/mol. The topological polar surface area (TPSA) is 39.2 Å². The van der Waals surface area contributed by atoms with Crippen molar-refractivity contribution in [1.29, 1.82) is 0 Å². The second-order valence-corrected chi connectivity index (χ2v) is 3.82. The third kappa shape index (κ3) is 2.41. The zero-order valence-corrected chi connectivity index (χ0v) is 8.95. The lowest BCUT2D eigenvalue weighted by Crippen LogP contribution is -2.13. The lowest BCUT2D eigenvalue weighted by atomic mass is 10.0. The van der Waals surface area contributed by atoms with Gasteiger partial charge in [0.15, 0.2) is 0 Å². The molecule has 78 valence electrons. The summed E-state index contributed by atoms with van der Waals surface area (Å²) in [6.45, 7) is 0. The standard InChI is InChI=1S/C12H12ClNO/c13-11-6-2-1-5-10(11)12(14)8-9-4-3-7-15-9/h1-7,12H,8,14H2. The summed E-state index contributed by atoms with van der Waals surface area (Å²) < 4.78 is 5.24. The molecule has 1 aromatic heterocycles. The first-order chi connectivity index (χ1) is 7.27. The lowest BCUT2D eigenvalue weighted by Gasteiger charge is -2.11. The summed E-state index contributed by atoms with van der Waals surface area (Å²) in [4.78, 5) is 0. The van der Waals surface area contributed by atoms with E-state index in [1.165, 1.54) is 0 Å². The molecule has 0 radical (unpaired) electrons. The van der Waals surface area contributed by atoms with Crippen LogP contribution < -0.4 is 5.73 Å². The zero-order valence-electron chi connectivity index (χ0n) is 8.19. The van der Waals surface area contributed by atoms with Crippen LogP contribution in [0.1, 0.15) is 17.4 Å². The van der Waals surface area contributed by atoms with Crippen molar-refractivity contribution in [3.63, 3.8) is 0 Å². The summed E-state index contributed by atoms with van der Waals surface area (Å²) in [5.74, 6) is 0.877. The summed E-state index contributed by atoms with van der Waals surface area (Å²) in [5, 5.41) is 0.705. The molecule has 1 heterocycles. The molecule has 0 saturated carbocycles. The maximum atomic E-state index is 6.05. The molecule has 0 bridgehead atoms. The van der Waals surface area contributed by atoms with Crippen molar-refractivity contribution >= 4 is 11.6 Å². The smallest absolute Gasteiger partial charge is 0.105 e. The van der Waals surface area contributed by atoms with Gasteiger partial charge in [0.1, 0.15) is 5.76 Å². The first kappa shape index (κ1) is 10.3. The molecule has 0 aliphatic heterocycles. The van der Waals surface area contributed by atoms with Crippen LogP contribution in [0.2, 0.25) is 5.02 Å². The van der Waals surface area contributed by atoms with E-state index < -0.39 is 0 Å². The van der Waals surface area contributed by atoms with Crippen LogP contribution >= 0.6 is 11.6 Å². The van der Waals surface area contributed by atoms with E-state index in [9.17, 15) is 0 Å². The Morgan fingerprint density at radius 2 is 2.00 bits per heavy atom. The highest BCUT2D eigenvalue weighted by Gasteiger charge is 2.11. The fourth-order valence-electron chi connectivity index (χ4n) is 1.53. The van der Waals surface area contributed by atoms with Crippen molar-refractivity contribution in [1.82, 2.24) is 0 Å². The predicted molar refractivity (Wildman–Crippen MR) is 60.8 cm³/mol. The molecule has 0 spiro atoms. The first-order valence-corrected chi connectivity index (χ1v) is 5.17. The highest BCUT2D eigenvalue weighted by atomic mass is 35.5. The molecule has 2 aromatic rings. The summed E-state index contributed by atoms with van der Waals surface area (Å²) in [6, 6.07) is 11.3. The van der Waals surface area contributed by atoms with E-state index in [1.54, 1.807) is 6.26 Å². The Morgan fingerprint density at radius 1 is 1.20 bits per heavy atom. The van der Waals surface area contributed by atoms with E-state index in [4.69, 9.17) is 21.8 Å². The van der Waals surface area contributed by atoms with Gasteiger partial charge in [-0.05, 0) is 23.8 Å². The molecular weight excluding hydrogens is 210 g/mol. The molecule has 0 amide bonds. The molecule has 0 aliphatic carbocycles. The van der Waals surface area contributed by atoms with Crippen LogP contribution in [0, 0.1) is 0 Å². The van der Waals surface area contributed by atoms with Crippen molar-refractivity contribution in [3.05, 3.63) is 59.0 Å². The first-order valence-electron chi connectivity index (χ1n) is 4.80. The minimum Gasteiger partial charge on any atom is -0.469 e. The average Bonchev–Trinajstić information content (AvgIpc) is 2.71. The maximum Gasteiger partial charge on any atom is 0.105 e. The Morgan fingerprint density at radius 3 is 2.67 bits per heavy atom. The van der Waals surface area contributed by atoms with Crippen LogP contribution in [0.5, 0.6) is 0 Å². The fraction of sp³-hybridized carbons (Fsp3) is 0.167. The minimum atomic E-state index is -0.121. The minimum absolute atomic E-state index is 0.121. The Hall–Kier alpha value is -1.25. The van der Waals surface area contributed by atoms with Gasteiger partial charge < -0.3 is 10.2 Å². The van der Waals surface area contributed by atoms with Gasteiger partial charge in [0.2, 0.25) is 0 Å². The van der Waals surface area contributed by atoms with Crippen molar-refractivity contribution in [2.75, 3.05) is 0 Å². The lowest BCUT2D eigenvalue weighted by molar-refractivity contribution is 0.488. The predicted octanol–water partition coefficient (Wildman–Crippen LogP) is 3.18. The normalized spacial score (nSPS) is 12.7. The van der Waals surface area contributed by atoms with Gasteiger partial charge in [-0.1, -0.05) is 29.8 Å². The van der Waals surface area contributed by atoms with E-state index in [0.29, 0.717) is 11.4 Å². The Kier molecular flexibility index (Phi) is 3.09. The van der Waals surface area contributed by atoms with Crippen LogP contribution in [0.4, 0.5) is 0 Å². The molecule has 0 aliphatic rings. The van der Waals surface area contributed by atoms with Crippen LogP contribution in [-0.2, 0) is 6.42 Å². The van der Waals surface area contributed by atoms with Gasteiger partial charge in [0, 0.05) is 17.5 Å². The quantitative estimate of drug-likeness (QED) is 0.865. The Bertz CT molecular complexity index is 425. The van der Waals surface area contributed by atoms with Crippen LogP contribution in [-0.4, -0.2) is 0 Å². The molecule has 0 saturated heterocycles. The number of benzene rings is 1. The van der Waals surface area contributed by atoms with Gasteiger partial charge in [0.05, 0.1) is 6.26 Å². The highest BCUT2D eigenvalue weighted by molar-refractivity contribution is 6.31. The van der Waals surface area contributed by atoms with E-state index in [1.807, 2.05) is 36.4 Å². The zero-order chi connectivity index (χ0) is 10.7. The van der Waals surface area contributed by atoms with E-state index in [0.717, 1.165) is 11.3 Å². The maximum absolute atomic E-state index is 6.05. The van der Waals surface area contributed by atoms with Gasteiger partial charge in [-0.25, -0.2) is 0 Å². The number of hydrogen-bond donors (Lipinski definition) is 1.